The zero-order valence-corrected chi connectivity index (χ0v) is 10.8. The van der Waals surface area contributed by atoms with Crippen LogP contribution in [0.5, 0.6) is 0 Å². The highest BCUT2D eigenvalue weighted by atomic mass is 15.4. The first-order valence-corrected chi connectivity index (χ1v) is 5.93. The Morgan fingerprint density at radius 3 is 2.40 bits per heavy atom. The number of nitrogens with zero attached hydrogens (tertiary/aromatic N) is 2. The van der Waals surface area contributed by atoms with Gasteiger partial charge < -0.3 is 5.01 Å². The number of hydrogen-bond acceptors (Lipinski definition) is 2. The smallest absolute Gasteiger partial charge is 0.0405 e. The van der Waals surface area contributed by atoms with Crippen LogP contribution < -0.4 is 0 Å². The molecule has 15 heavy (non-hydrogen) atoms. The maximum absolute atomic E-state index is 4.52. The van der Waals surface area contributed by atoms with Crippen LogP contribution in [0.1, 0.15) is 46.0 Å². The Hall–Kier alpha value is -0.790. The van der Waals surface area contributed by atoms with Gasteiger partial charge >= 0.3 is 0 Å². The van der Waals surface area contributed by atoms with Gasteiger partial charge in [0, 0.05) is 19.8 Å². The molecular weight excluding hydrogens is 184 g/mol. The van der Waals surface area contributed by atoms with E-state index in [9.17, 15) is 0 Å². The first-order valence-electron chi connectivity index (χ1n) is 5.93. The van der Waals surface area contributed by atoms with Crippen molar-refractivity contribution in [1.82, 2.24) is 5.01 Å². The summed E-state index contributed by atoms with van der Waals surface area (Å²) in [6.07, 6.45) is 8.06. The van der Waals surface area contributed by atoms with Crippen LogP contribution in [0, 0.1) is 5.92 Å². The standard InChI is InChI=1S/C13H26N2/c1-6-7-8-9-10-11-13(12(2)3)14-15(4)5/h6,12H,1,7-11H2,2-5H3/b14-13+. The van der Waals surface area contributed by atoms with Gasteiger partial charge in [-0.25, -0.2) is 0 Å². The van der Waals surface area contributed by atoms with Crippen LogP contribution >= 0.6 is 0 Å². The largest absolute Gasteiger partial charge is 0.303 e. The van der Waals surface area contributed by atoms with Gasteiger partial charge in [0.05, 0.1) is 0 Å². The van der Waals surface area contributed by atoms with Gasteiger partial charge in [-0.3, -0.25) is 0 Å². The van der Waals surface area contributed by atoms with Crippen LogP contribution in [0.3, 0.4) is 0 Å². The van der Waals surface area contributed by atoms with Crippen molar-refractivity contribution in [2.24, 2.45) is 11.0 Å². The molecule has 0 radical (unpaired) electrons. The van der Waals surface area contributed by atoms with Gasteiger partial charge in [-0.15, -0.1) is 6.58 Å². The van der Waals surface area contributed by atoms with Gasteiger partial charge in [0.2, 0.25) is 0 Å². The Morgan fingerprint density at radius 1 is 1.27 bits per heavy atom. The summed E-state index contributed by atoms with van der Waals surface area (Å²) in [4.78, 5) is 0. The van der Waals surface area contributed by atoms with Crippen LogP contribution in [0.25, 0.3) is 0 Å². The van der Waals surface area contributed by atoms with Gasteiger partial charge in [-0.2, -0.15) is 5.10 Å². The van der Waals surface area contributed by atoms with E-state index < -0.39 is 0 Å². The maximum Gasteiger partial charge on any atom is 0.0405 e. The minimum atomic E-state index is 0.562. The molecule has 0 aromatic rings. The lowest BCUT2D eigenvalue weighted by Gasteiger charge is -2.13. The molecule has 0 aliphatic heterocycles. The highest BCUT2D eigenvalue weighted by molar-refractivity contribution is 5.85. The molecule has 0 unspecified atom stereocenters. The van der Waals surface area contributed by atoms with Crippen LogP contribution in [-0.4, -0.2) is 24.8 Å². The zero-order valence-electron chi connectivity index (χ0n) is 10.8. The predicted molar refractivity (Wildman–Crippen MR) is 69.2 cm³/mol. The third kappa shape index (κ3) is 8.22. The summed E-state index contributed by atoms with van der Waals surface area (Å²) >= 11 is 0. The Morgan fingerprint density at radius 2 is 1.93 bits per heavy atom. The van der Waals surface area contributed by atoms with Crippen molar-refractivity contribution in [2.75, 3.05) is 14.1 Å². The van der Waals surface area contributed by atoms with E-state index in [1.54, 1.807) is 0 Å². The molecule has 0 aliphatic carbocycles. The van der Waals surface area contributed by atoms with Crippen LogP contribution in [0.2, 0.25) is 0 Å². The van der Waals surface area contributed by atoms with E-state index in [2.05, 4.69) is 25.5 Å². The van der Waals surface area contributed by atoms with Crippen molar-refractivity contribution in [3.8, 4) is 0 Å². The van der Waals surface area contributed by atoms with E-state index in [4.69, 9.17) is 0 Å². The zero-order chi connectivity index (χ0) is 11.7. The molecule has 2 heteroatoms. The van der Waals surface area contributed by atoms with Gasteiger partial charge in [0.1, 0.15) is 0 Å². The molecule has 0 fully saturated rings. The van der Waals surface area contributed by atoms with E-state index in [-0.39, 0.29) is 0 Å². The number of unbranched alkanes of at least 4 members (excludes halogenated alkanes) is 3. The first kappa shape index (κ1) is 14.2. The quantitative estimate of drug-likeness (QED) is 0.258. The van der Waals surface area contributed by atoms with E-state index in [0.29, 0.717) is 5.92 Å². The molecular formula is C13H26N2. The summed E-state index contributed by atoms with van der Waals surface area (Å²) in [5.74, 6) is 0.562. The third-order valence-corrected chi connectivity index (χ3v) is 2.34. The fourth-order valence-electron chi connectivity index (χ4n) is 1.48. The Balaban J connectivity index is 3.82. The Labute approximate surface area is 95.1 Å². The van der Waals surface area contributed by atoms with E-state index in [0.717, 1.165) is 12.8 Å². The highest BCUT2D eigenvalue weighted by Crippen LogP contribution is 2.10. The van der Waals surface area contributed by atoms with Crippen molar-refractivity contribution >= 4 is 5.71 Å². The molecule has 0 rings (SSSR count). The molecule has 88 valence electrons. The summed E-state index contributed by atoms with van der Waals surface area (Å²) in [6, 6.07) is 0. The van der Waals surface area contributed by atoms with Gasteiger partial charge in [0.25, 0.3) is 0 Å². The number of hydrogen-bond donors (Lipinski definition) is 0. The molecule has 2 nitrogen and oxygen atoms in total. The minimum Gasteiger partial charge on any atom is -0.303 e. The monoisotopic (exact) mass is 210 g/mol. The second-order valence-electron chi connectivity index (χ2n) is 4.48. The number of rotatable bonds is 8. The molecule has 0 aromatic heterocycles. The summed E-state index contributed by atoms with van der Waals surface area (Å²) in [5, 5.41) is 6.43. The second-order valence-corrected chi connectivity index (χ2v) is 4.48. The van der Waals surface area contributed by atoms with Gasteiger partial charge in [-0.1, -0.05) is 26.3 Å². The highest BCUT2D eigenvalue weighted by Gasteiger charge is 2.05. The van der Waals surface area contributed by atoms with Crippen molar-refractivity contribution in [3.63, 3.8) is 0 Å². The van der Waals surface area contributed by atoms with Crippen LogP contribution in [-0.2, 0) is 0 Å². The van der Waals surface area contributed by atoms with Gasteiger partial charge in [-0.05, 0) is 31.6 Å². The van der Waals surface area contributed by atoms with Gasteiger partial charge in [0.15, 0.2) is 0 Å². The molecule has 0 saturated carbocycles. The van der Waals surface area contributed by atoms with Crippen molar-refractivity contribution in [1.29, 1.82) is 0 Å². The Bertz CT molecular complexity index is 193. The topological polar surface area (TPSA) is 15.6 Å². The fourth-order valence-corrected chi connectivity index (χ4v) is 1.48. The summed E-state index contributed by atoms with van der Waals surface area (Å²) in [5.41, 5.74) is 1.32. The summed E-state index contributed by atoms with van der Waals surface area (Å²) in [6.45, 7) is 8.16. The van der Waals surface area contributed by atoms with E-state index in [1.165, 1.54) is 25.0 Å². The fraction of sp³-hybridized carbons (Fsp3) is 0.769. The number of hydrazone groups is 1. The van der Waals surface area contributed by atoms with Crippen molar-refractivity contribution in [3.05, 3.63) is 12.7 Å². The third-order valence-electron chi connectivity index (χ3n) is 2.34. The Kier molecular flexibility index (Phi) is 8.06. The van der Waals surface area contributed by atoms with E-state index in [1.807, 2.05) is 25.2 Å². The lowest BCUT2D eigenvalue weighted by atomic mass is 10.0. The average Bonchev–Trinajstić information content (AvgIpc) is 2.15. The molecule has 0 heterocycles. The van der Waals surface area contributed by atoms with Crippen LogP contribution in [0.15, 0.2) is 17.8 Å². The molecule has 0 bridgehead atoms. The minimum absolute atomic E-state index is 0.562. The first-order chi connectivity index (χ1) is 7.07. The van der Waals surface area contributed by atoms with Crippen molar-refractivity contribution < 1.29 is 0 Å². The molecule has 0 saturated heterocycles. The summed E-state index contributed by atoms with van der Waals surface area (Å²) < 4.78 is 0. The second kappa shape index (κ2) is 8.51. The molecule has 0 N–H and O–H groups in total. The lowest BCUT2D eigenvalue weighted by Crippen LogP contribution is -2.14. The predicted octanol–water partition coefficient (Wildman–Crippen LogP) is 3.70. The van der Waals surface area contributed by atoms with Crippen LogP contribution in [0.4, 0.5) is 0 Å². The maximum atomic E-state index is 4.52. The SMILES string of the molecule is C=CCCCCC/C(=N\N(C)C)C(C)C. The normalized spacial score (nSPS) is 11.9. The molecule has 0 aliphatic rings. The molecule has 0 aromatic carbocycles. The molecule has 0 amide bonds. The molecule has 0 atom stereocenters. The molecule has 0 spiro atoms. The average molecular weight is 210 g/mol. The summed E-state index contributed by atoms with van der Waals surface area (Å²) in [7, 11) is 3.97. The number of allylic oxidation sites excluding steroid dienone is 1. The lowest BCUT2D eigenvalue weighted by molar-refractivity contribution is 0.431. The van der Waals surface area contributed by atoms with Crippen molar-refractivity contribution in [2.45, 2.75) is 46.0 Å². The van der Waals surface area contributed by atoms with E-state index >= 15 is 0 Å².